The lowest BCUT2D eigenvalue weighted by Crippen LogP contribution is -2.52. The van der Waals surface area contributed by atoms with Gasteiger partial charge in [0.25, 0.3) is 0 Å². The zero-order valence-electron chi connectivity index (χ0n) is 16.2. The van der Waals surface area contributed by atoms with Gasteiger partial charge in [-0.15, -0.1) is 0 Å². The van der Waals surface area contributed by atoms with Gasteiger partial charge in [0.1, 0.15) is 0 Å². The highest BCUT2D eigenvalue weighted by Gasteiger charge is 2.26. The van der Waals surface area contributed by atoms with Crippen LogP contribution in [0.25, 0.3) is 0 Å². The second-order valence-corrected chi connectivity index (χ2v) is 9.22. The summed E-state index contributed by atoms with van der Waals surface area (Å²) in [6, 6.07) is 8.65. The number of rotatable bonds is 7. The fourth-order valence-corrected chi connectivity index (χ4v) is 4.10. The first kappa shape index (κ1) is 20.9. The van der Waals surface area contributed by atoms with Crippen LogP contribution in [0.3, 0.4) is 0 Å². The number of sulfonamides is 1. The topological polar surface area (TPSA) is 69.7 Å². The highest BCUT2D eigenvalue weighted by atomic mass is 32.2. The molecule has 1 aliphatic heterocycles. The summed E-state index contributed by atoms with van der Waals surface area (Å²) >= 11 is 0. The summed E-state index contributed by atoms with van der Waals surface area (Å²) < 4.78 is 24.6. The Hall–Kier alpha value is -1.44. The van der Waals surface area contributed by atoms with E-state index in [1.165, 1.54) is 21.7 Å². The summed E-state index contributed by atoms with van der Waals surface area (Å²) in [6.45, 7) is 8.32. The largest absolute Gasteiger partial charge is 0.339 e. The minimum absolute atomic E-state index is 0.0222. The van der Waals surface area contributed by atoms with Gasteiger partial charge < -0.3 is 10.2 Å². The van der Waals surface area contributed by atoms with E-state index in [0.29, 0.717) is 32.1 Å². The number of nitrogens with zero attached hydrogens (tertiary/aromatic N) is 2. The maximum Gasteiger partial charge on any atom is 0.236 e. The van der Waals surface area contributed by atoms with Crippen LogP contribution in [0.1, 0.15) is 37.9 Å². The Balaban J connectivity index is 1.91. The Morgan fingerprint density at radius 3 is 2.15 bits per heavy atom. The average Bonchev–Trinajstić information content (AvgIpc) is 2.61. The van der Waals surface area contributed by atoms with Crippen LogP contribution in [0.2, 0.25) is 0 Å². The van der Waals surface area contributed by atoms with Crippen LogP contribution in [-0.2, 0) is 21.2 Å². The van der Waals surface area contributed by atoms with E-state index in [-0.39, 0.29) is 18.5 Å². The summed E-state index contributed by atoms with van der Waals surface area (Å²) in [5, 5.41) is 3.39. The van der Waals surface area contributed by atoms with Gasteiger partial charge >= 0.3 is 0 Å². The Labute approximate surface area is 157 Å². The predicted molar refractivity (Wildman–Crippen MR) is 104 cm³/mol. The van der Waals surface area contributed by atoms with Crippen molar-refractivity contribution in [2.75, 3.05) is 39.0 Å². The van der Waals surface area contributed by atoms with Gasteiger partial charge in [-0.05, 0) is 23.5 Å². The van der Waals surface area contributed by atoms with Crippen molar-refractivity contribution in [3.8, 4) is 0 Å². The molecule has 1 unspecified atom stereocenters. The molecule has 1 aromatic carbocycles. The number of aryl methyl sites for hydroxylation is 1. The van der Waals surface area contributed by atoms with E-state index in [0.717, 1.165) is 6.42 Å². The molecule has 0 saturated carbocycles. The third-order valence-corrected chi connectivity index (χ3v) is 6.25. The van der Waals surface area contributed by atoms with Crippen LogP contribution in [-0.4, -0.2) is 62.5 Å². The molecule has 6 nitrogen and oxygen atoms in total. The number of benzene rings is 1. The lowest BCUT2D eigenvalue weighted by Gasteiger charge is -2.34. The van der Waals surface area contributed by atoms with Crippen LogP contribution >= 0.6 is 0 Å². The molecule has 1 saturated heterocycles. The van der Waals surface area contributed by atoms with Crippen molar-refractivity contribution < 1.29 is 13.2 Å². The standard InChI is InChI=1S/C19H31N3O3S/c1-5-16-6-8-17(9-7-16)19(15(2)3)20-14-18(23)21-10-12-22(13-11-21)26(4,24)25/h6-9,15,19-20H,5,10-14H2,1-4H3. The van der Waals surface area contributed by atoms with E-state index >= 15 is 0 Å². The molecule has 1 heterocycles. The van der Waals surface area contributed by atoms with E-state index in [1.807, 2.05) is 0 Å². The quantitative estimate of drug-likeness (QED) is 0.780. The van der Waals surface area contributed by atoms with Crippen LogP contribution in [0, 0.1) is 5.92 Å². The zero-order valence-corrected chi connectivity index (χ0v) is 17.1. The van der Waals surface area contributed by atoms with Gasteiger partial charge in [-0.3, -0.25) is 4.79 Å². The fraction of sp³-hybridized carbons (Fsp3) is 0.632. The molecule has 0 radical (unpaired) electrons. The number of carbonyl (C=O) groups is 1. The number of carbonyl (C=O) groups excluding carboxylic acids is 1. The van der Waals surface area contributed by atoms with E-state index in [9.17, 15) is 13.2 Å². The van der Waals surface area contributed by atoms with Crippen molar-refractivity contribution in [3.05, 3.63) is 35.4 Å². The summed E-state index contributed by atoms with van der Waals surface area (Å²) in [5.41, 5.74) is 2.49. The van der Waals surface area contributed by atoms with Crippen LogP contribution < -0.4 is 5.32 Å². The summed E-state index contributed by atoms with van der Waals surface area (Å²) in [7, 11) is -3.17. The van der Waals surface area contributed by atoms with Crippen molar-refractivity contribution in [1.82, 2.24) is 14.5 Å². The molecular formula is C19H31N3O3S. The first-order valence-corrected chi connectivity index (χ1v) is 11.1. The lowest BCUT2D eigenvalue weighted by atomic mass is 9.95. The molecule has 0 aliphatic carbocycles. The average molecular weight is 382 g/mol. The van der Waals surface area contributed by atoms with Gasteiger partial charge in [0.2, 0.25) is 15.9 Å². The van der Waals surface area contributed by atoms with Crippen LogP contribution in [0.5, 0.6) is 0 Å². The van der Waals surface area contributed by atoms with Crippen LogP contribution in [0.15, 0.2) is 24.3 Å². The Morgan fingerprint density at radius 2 is 1.69 bits per heavy atom. The predicted octanol–water partition coefficient (Wildman–Crippen LogP) is 1.64. The number of amides is 1. The molecule has 1 fully saturated rings. The lowest BCUT2D eigenvalue weighted by molar-refractivity contribution is -0.131. The van der Waals surface area contributed by atoms with E-state index in [1.54, 1.807) is 4.90 Å². The SMILES string of the molecule is CCc1ccc(C(NCC(=O)N2CCN(S(C)(=O)=O)CC2)C(C)C)cc1. The van der Waals surface area contributed by atoms with E-state index in [2.05, 4.69) is 50.4 Å². The molecule has 1 N–H and O–H groups in total. The van der Waals surface area contributed by atoms with Crippen molar-refractivity contribution >= 4 is 15.9 Å². The fourth-order valence-electron chi connectivity index (χ4n) is 3.28. The van der Waals surface area contributed by atoms with Gasteiger partial charge in [0.05, 0.1) is 12.8 Å². The summed E-state index contributed by atoms with van der Waals surface area (Å²) in [5.74, 6) is 0.381. The second kappa shape index (κ2) is 8.97. The highest BCUT2D eigenvalue weighted by Crippen LogP contribution is 2.22. The molecule has 0 aromatic heterocycles. The number of nitrogens with one attached hydrogen (secondary N) is 1. The molecule has 1 aliphatic rings. The monoisotopic (exact) mass is 381 g/mol. The van der Waals surface area contributed by atoms with Gasteiger partial charge in [0, 0.05) is 32.2 Å². The van der Waals surface area contributed by atoms with Gasteiger partial charge in [-0.2, -0.15) is 4.31 Å². The maximum absolute atomic E-state index is 12.5. The Kier molecular flexibility index (Phi) is 7.20. The van der Waals surface area contributed by atoms with Crippen molar-refractivity contribution in [2.24, 2.45) is 5.92 Å². The first-order chi connectivity index (χ1) is 12.2. The Morgan fingerprint density at radius 1 is 1.12 bits per heavy atom. The molecular weight excluding hydrogens is 350 g/mol. The summed E-state index contributed by atoms with van der Waals surface area (Å²) in [4.78, 5) is 14.3. The Bertz CT molecular complexity index is 693. The molecule has 0 bridgehead atoms. The molecule has 26 heavy (non-hydrogen) atoms. The number of hydrogen-bond donors (Lipinski definition) is 1. The first-order valence-electron chi connectivity index (χ1n) is 9.27. The van der Waals surface area contributed by atoms with Gasteiger partial charge in [-0.1, -0.05) is 45.0 Å². The third kappa shape index (κ3) is 5.53. The highest BCUT2D eigenvalue weighted by molar-refractivity contribution is 7.88. The van der Waals surface area contributed by atoms with Gasteiger partial charge in [0.15, 0.2) is 0 Å². The molecule has 7 heteroatoms. The van der Waals surface area contributed by atoms with Crippen molar-refractivity contribution in [2.45, 2.75) is 33.2 Å². The number of piperazine rings is 1. The molecule has 1 aromatic rings. The van der Waals surface area contributed by atoms with E-state index in [4.69, 9.17) is 0 Å². The smallest absolute Gasteiger partial charge is 0.236 e. The number of hydrogen-bond acceptors (Lipinski definition) is 4. The van der Waals surface area contributed by atoms with Crippen molar-refractivity contribution in [3.63, 3.8) is 0 Å². The maximum atomic E-state index is 12.5. The molecule has 0 spiro atoms. The minimum atomic E-state index is -3.17. The summed E-state index contributed by atoms with van der Waals surface area (Å²) in [6.07, 6.45) is 2.22. The van der Waals surface area contributed by atoms with Crippen molar-refractivity contribution in [1.29, 1.82) is 0 Å². The van der Waals surface area contributed by atoms with Gasteiger partial charge in [-0.25, -0.2) is 8.42 Å². The third-order valence-electron chi connectivity index (χ3n) is 4.95. The zero-order chi connectivity index (χ0) is 19.3. The second-order valence-electron chi connectivity index (χ2n) is 7.24. The molecule has 146 valence electrons. The normalized spacial score (nSPS) is 17.5. The molecule has 1 amide bonds. The molecule has 2 rings (SSSR count). The van der Waals surface area contributed by atoms with Crippen LogP contribution in [0.4, 0.5) is 0 Å². The minimum Gasteiger partial charge on any atom is -0.339 e. The molecule has 1 atom stereocenters. The van der Waals surface area contributed by atoms with E-state index < -0.39 is 10.0 Å².